The summed E-state index contributed by atoms with van der Waals surface area (Å²) >= 11 is 1.20. The van der Waals surface area contributed by atoms with Crippen LogP contribution in [0, 0.1) is 6.92 Å². The molecule has 5 nitrogen and oxygen atoms in total. The Morgan fingerprint density at radius 1 is 1.24 bits per heavy atom. The Morgan fingerprint density at radius 2 is 2.05 bits per heavy atom. The van der Waals surface area contributed by atoms with E-state index in [9.17, 15) is 9.59 Å². The van der Waals surface area contributed by atoms with Crippen LogP contribution in [0.1, 0.15) is 25.8 Å². The topological polar surface area (TPSA) is 79.5 Å². The Labute approximate surface area is 123 Å². The van der Waals surface area contributed by atoms with Crippen molar-refractivity contribution in [1.82, 2.24) is 0 Å². The van der Waals surface area contributed by atoms with Gasteiger partial charge in [-0.3, -0.25) is 4.79 Å². The summed E-state index contributed by atoms with van der Waals surface area (Å²) in [4.78, 5) is 23.3. The molecular weight excluding hydrogens is 290 g/mol. The minimum atomic E-state index is -0.951. The summed E-state index contributed by atoms with van der Waals surface area (Å²) < 4.78 is 5.99. The number of nitrogens with one attached hydrogen (secondary N) is 1. The van der Waals surface area contributed by atoms with Crippen molar-refractivity contribution < 1.29 is 19.1 Å². The molecule has 0 aliphatic carbocycles. The molecule has 21 heavy (non-hydrogen) atoms. The number of hydrogen-bond donors (Lipinski definition) is 2. The van der Waals surface area contributed by atoms with Crippen molar-refractivity contribution in [3.63, 3.8) is 0 Å². The molecular formula is C15H11NO4S. The van der Waals surface area contributed by atoms with E-state index in [0.717, 1.165) is 15.6 Å². The Morgan fingerprint density at radius 3 is 2.71 bits per heavy atom. The number of fused-ring (bicyclic) bond motifs is 1. The number of anilines is 1. The molecule has 6 heteroatoms. The second-order valence-corrected chi connectivity index (χ2v) is 5.64. The van der Waals surface area contributed by atoms with Crippen LogP contribution < -0.4 is 5.32 Å². The molecule has 106 valence electrons. The summed E-state index contributed by atoms with van der Waals surface area (Å²) in [5, 5.41) is 12.5. The first-order valence-electron chi connectivity index (χ1n) is 6.17. The first-order chi connectivity index (χ1) is 10.0. The lowest BCUT2D eigenvalue weighted by molar-refractivity contribution is 0.0702. The monoisotopic (exact) mass is 301 g/mol. The summed E-state index contributed by atoms with van der Waals surface area (Å²) in [5.41, 5.74) is 1.36. The predicted octanol–water partition coefficient (Wildman–Crippen LogP) is 3.75. The van der Waals surface area contributed by atoms with Crippen molar-refractivity contribution in [3.05, 3.63) is 52.8 Å². The van der Waals surface area contributed by atoms with E-state index in [1.165, 1.54) is 17.6 Å². The first-order valence-corrected chi connectivity index (χ1v) is 6.98. The minimum Gasteiger partial charge on any atom is -0.477 e. The van der Waals surface area contributed by atoms with Crippen LogP contribution in [-0.4, -0.2) is 17.0 Å². The quantitative estimate of drug-likeness (QED) is 0.772. The molecule has 0 saturated carbocycles. The number of amides is 1. The smallest absolute Gasteiger partial charge is 0.345 e. The summed E-state index contributed by atoms with van der Waals surface area (Å²) in [6.07, 6.45) is 1.46. The van der Waals surface area contributed by atoms with Gasteiger partial charge in [-0.15, -0.1) is 11.3 Å². The van der Waals surface area contributed by atoms with Gasteiger partial charge in [0.1, 0.15) is 4.88 Å². The number of aryl methyl sites for hydroxylation is 1. The third kappa shape index (κ3) is 2.53. The number of carbonyl (C=O) groups is 2. The molecule has 3 aromatic rings. The number of furan rings is 1. The van der Waals surface area contributed by atoms with Gasteiger partial charge in [0.15, 0.2) is 5.76 Å². The van der Waals surface area contributed by atoms with E-state index in [1.54, 1.807) is 37.3 Å². The number of benzene rings is 1. The highest BCUT2D eigenvalue weighted by atomic mass is 32.1. The highest BCUT2D eigenvalue weighted by molar-refractivity contribution is 7.20. The van der Waals surface area contributed by atoms with Crippen molar-refractivity contribution in [3.8, 4) is 0 Å². The van der Waals surface area contributed by atoms with Crippen LogP contribution in [0.3, 0.4) is 0 Å². The van der Waals surface area contributed by atoms with Crippen LogP contribution in [0.25, 0.3) is 10.1 Å². The van der Waals surface area contributed by atoms with Gasteiger partial charge >= 0.3 is 5.97 Å². The minimum absolute atomic E-state index is 0.270. The van der Waals surface area contributed by atoms with E-state index in [2.05, 4.69) is 5.32 Å². The standard InChI is InChI=1S/C15H11NO4S/c1-8-4-5-20-13(8)14(17)16-10-2-3-11-9(6-10)7-12(21-11)15(18)19/h2-7H,1H3,(H,16,17)(H,18,19). The fourth-order valence-corrected chi connectivity index (χ4v) is 2.90. The zero-order valence-electron chi connectivity index (χ0n) is 11.0. The average Bonchev–Trinajstić information content (AvgIpc) is 3.04. The van der Waals surface area contributed by atoms with E-state index in [0.29, 0.717) is 5.69 Å². The maximum Gasteiger partial charge on any atom is 0.345 e. The molecule has 0 unspecified atom stereocenters. The van der Waals surface area contributed by atoms with Crippen LogP contribution >= 0.6 is 11.3 Å². The number of rotatable bonds is 3. The van der Waals surface area contributed by atoms with Gasteiger partial charge in [0.2, 0.25) is 0 Å². The van der Waals surface area contributed by atoms with E-state index >= 15 is 0 Å². The highest BCUT2D eigenvalue weighted by Gasteiger charge is 2.14. The molecule has 2 aromatic heterocycles. The highest BCUT2D eigenvalue weighted by Crippen LogP contribution is 2.28. The fourth-order valence-electron chi connectivity index (χ4n) is 2.02. The molecule has 0 bridgehead atoms. The van der Waals surface area contributed by atoms with Crippen LogP contribution in [0.2, 0.25) is 0 Å². The molecule has 0 radical (unpaired) electrons. The summed E-state index contributed by atoms with van der Waals surface area (Å²) in [6.45, 7) is 1.79. The number of aromatic carboxylic acids is 1. The van der Waals surface area contributed by atoms with Crippen molar-refractivity contribution >= 4 is 39.0 Å². The Balaban J connectivity index is 1.89. The summed E-state index contributed by atoms with van der Waals surface area (Å²) in [7, 11) is 0. The number of carbonyl (C=O) groups excluding carboxylic acids is 1. The third-order valence-electron chi connectivity index (χ3n) is 3.05. The lowest BCUT2D eigenvalue weighted by Gasteiger charge is -2.04. The normalized spacial score (nSPS) is 10.7. The molecule has 2 N–H and O–H groups in total. The molecule has 0 atom stereocenters. The zero-order valence-corrected chi connectivity index (χ0v) is 11.9. The van der Waals surface area contributed by atoms with E-state index in [-0.39, 0.29) is 16.5 Å². The van der Waals surface area contributed by atoms with Gasteiger partial charge in [0.05, 0.1) is 6.26 Å². The largest absolute Gasteiger partial charge is 0.477 e. The Kier molecular flexibility index (Phi) is 3.23. The second kappa shape index (κ2) is 5.06. The predicted molar refractivity (Wildman–Crippen MR) is 80.2 cm³/mol. The number of carboxylic acids is 1. The van der Waals surface area contributed by atoms with E-state index < -0.39 is 5.97 Å². The van der Waals surface area contributed by atoms with E-state index in [4.69, 9.17) is 9.52 Å². The van der Waals surface area contributed by atoms with Crippen LogP contribution in [-0.2, 0) is 0 Å². The molecule has 3 rings (SSSR count). The number of carboxylic acid groups (broad SMARTS) is 1. The Bertz CT molecular complexity index is 846. The SMILES string of the molecule is Cc1ccoc1C(=O)Nc1ccc2sc(C(=O)O)cc2c1. The van der Waals surface area contributed by atoms with Gasteiger partial charge in [0.25, 0.3) is 5.91 Å². The van der Waals surface area contributed by atoms with Gasteiger partial charge in [-0.25, -0.2) is 4.79 Å². The van der Waals surface area contributed by atoms with Gasteiger partial charge in [-0.05, 0) is 42.6 Å². The lowest BCUT2D eigenvalue weighted by atomic mass is 10.2. The molecule has 0 fully saturated rings. The number of thiophene rings is 1. The molecule has 1 aromatic carbocycles. The summed E-state index contributed by atoms with van der Waals surface area (Å²) in [5.74, 6) is -1.01. The molecule has 0 spiro atoms. The van der Waals surface area contributed by atoms with Gasteiger partial charge in [0, 0.05) is 16.0 Å². The van der Waals surface area contributed by atoms with Crippen LogP contribution in [0.5, 0.6) is 0 Å². The van der Waals surface area contributed by atoms with Crippen molar-refractivity contribution in [2.75, 3.05) is 5.32 Å². The maximum atomic E-state index is 12.0. The van der Waals surface area contributed by atoms with Crippen LogP contribution in [0.4, 0.5) is 5.69 Å². The maximum absolute atomic E-state index is 12.0. The van der Waals surface area contributed by atoms with Gasteiger partial charge in [-0.2, -0.15) is 0 Å². The van der Waals surface area contributed by atoms with Gasteiger partial charge < -0.3 is 14.8 Å². The molecule has 1 amide bonds. The average molecular weight is 301 g/mol. The van der Waals surface area contributed by atoms with Crippen molar-refractivity contribution in [1.29, 1.82) is 0 Å². The zero-order chi connectivity index (χ0) is 15.0. The van der Waals surface area contributed by atoms with Crippen molar-refractivity contribution in [2.24, 2.45) is 0 Å². The fraction of sp³-hybridized carbons (Fsp3) is 0.0667. The lowest BCUT2D eigenvalue weighted by Crippen LogP contribution is -2.11. The Hall–Kier alpha value is -2.60. The third-order valence-corrected chi connectivity index (χ3v) is 4.16. The summed E-state index contributed by atoms with van der Waals surface area (Å²) in [6, 6.07) is 8.58. The van der Waals surface area contributed by atoms with E-state index in [1.807, 2.05) is 0 Å². The van der Waals surface area contributed by atoms with Crippen LogP contribution in [0.15, 0.2) is 41.0 Å². The molecule has 0 saturated heterocycles. The first kappa shape index (κ1) is 13.4. The van der Waals surface area contributed by atoms with Gasteiger partial charge in [-0.1, -0.05) is 0 Å². The molecule has 2 heterocycles. The van der Waals surface area contributed by atoms with Crippen molar-refractivity contribution in [2.45, 2.75) is 6.92 Å². The molecule has 0 aliphatic heterocycles. The number of hydrogen-bond acceptors (Lipinski definition) is 4. The molecule has 0 aliphatic rings. The second-order valence-electron chi connectivity index (χ2n) is 4.56.